The lowest BCUT2D eigenvalue weighted by Crippen LogP contribution is -2.34. The van der Waals surface area contributed by atoms with Gasteiger partial charge in [-0.05, 0) is 30.5 Å². The Kier molecular flexibility index (Phi) is 7.23. The van der Waals surface area contributed by atoms with Crippen LogP contribution < -0.4 is 10.2 Å². The Bertz CT molecular complexity index is 489. The van der Waals surface area contributed by atoms with Crippen LogP contribution in [-0.4, -0.2) is 24.9 Å². The van der Waals surface area contributed by atoms with Crippen LogP contribution in [0.4, 0.5) is 5.69 Å². The Morgan fingerprint density at radius 2 is 2.05 bits per heavy atom. The van der Waals surface area contributed by atoms with Crippen molar-refractivity contribution in [1.82, 2.24) is 5.32 Å². The molecule has 0 spiro atoms. The Hall–Kier alpha value is -1.55. The molecule has 2 amide bonds. The van der Waals surface area contributed by atoms with E-state index in [2.05, 4.69) is 19.2 Å². The van der Waals surface area contributed by atoms with Crippen molar-refractivity contribution in [1.29, 1.82) is 0 Å². The molecule has 0 atom stereocenters. The summed E-state index contributed by atoms with van der Waals surface area (Å²) in [6.07, 6.45) is 1.24. The summed E-state index contributed by atoms with van der Waals surface area (Å²) in [6.45, 7) is 6.74. The van der Waals surface area contributed by atoms with Gasteiger partial charge in [0.15, 0.2) is 0 Å². The van der Waals surface area contributed by atoms with E-state index >= 15 is 0 Å². The normalized spacial score (nSPS) is 10.5. The van der Waals surface area contributed by atoms with Gasteiger partial charge in [-0.15, -0.1) is 0 Å². The molecule has 21 heavy (non-hydrogen) atoms. The van der Waals surface area contributed by atoms with Crippen molar-refractivity contribution in [3.63, 3.8) is 0 Å². The first-order valence-corrected chi connectivity index (χ1v) is 7.58. The molecule has 5 heteroatoms. The Labute approximate surface area is 131 Å². The van der Waals surface area contributed by atoms with Gasteiger partial charge in [-0.1, -0.05) is 31.5 Å². The van der Waals surface area contributed by atoms with Gasteiger partial charge in [0.1, 0.15) is 0 Å². The van der Waals surface area contributed by atoms with Crippen LogP contribution >= 0.6 is 11.6 Å². The van der Waals surface area contributed by atoms with Gasteiger partial charge < -0.3 is 10.2 Å². The van der Waals surface area contributed by atoms with Gasteiger partial charge in [0, 0.05) is 37.1 Å². The maximum atomic E-state index is 11.8. The van der Waals surface area contributed by atoms with Crippen LogP contribution in [0.25, 0.3) is 0 Å². The minimum absolute atomic E-state index is 0.0380. The third-order valence-corrected chi connectivity index (χ3v) is 3.34. The van der Waals surface area contributed by atoms with Crippen molar-refractivity contribution in [2.24, 2.45) is 5.92 Å². The number of carbonyl (C=O) groups excluding carboxylic acids is 2. The summed E-state index contributed by atoms with van der Waals surface area (Å²) in [6, 6.07) is 7.07. The zero-order valence-corrected chi connectivity index (χ0v) is 13.6. The van der Waals surface area contributed by atoms with E-state index in [9.17, 15) is 9.59 Å². The Morgan fingerprint density at radius 1 is 1.33 bits per heavy atom. The van der Waals surface area contributed by atoms with Crippen LogP contribution in [0, 0.1) is 5.92 Å². The van der Waals surface area contributed by atoms with E-state index in [0.29, 0.717) is 29.7 Å². The molecule has 0 saturated heterocycles. The van der Waals surface area contributed by atoms with Crippen LogP contribution in [0.2, 0.25) is 5.02 Å². The SMILES string of the molecule is CC(=O)N(CCC(=O)NCCC(C)C)c1cccc(Cl)c1. The topological polar surface area (TPSA) is 49.4 Å². The van der Waals surface area contributed by atoms with E-state index in [1.807, 2.05) is 6.07 Å². The molecular formula is C16H23ClN2O2. The average molecular weight is 311 g/mol. The predicted octanol–water partition coefficient (Wildman–Crippen LogP) is 3.25. The second-order valence-corrected chi connectivity index (χ2v) is 5.87. The van der Waals surface area contributed by atoms with Gasteiger partial charge in [-0.25, -0.2) is 0 Å². The number of halogens is 1. The number of anilines is 1. The van der Waals surface area contributed by atoms with E-state index < -0.39 is 0 Å². The standard InChI is InChI=1S/C16H23ClN2O2/c1-12(2)7-9-18-16(21)8-10-19(13(3)20)15-6-4-5-14(17)11-15/h4-6,11-12H,7-10H2,1-3H3,(H,18,21). The second kappa shape index (κ2) is 8.67. The van der Waals surface area contributed by atoms with Crippen LogP contribution in [0.15, 0.2) is 24.3 Å². The molecule has 0 bridgehead atoms. The molecule has 0 aliphatic rings. The summed E-state index contributed by atoms with van der Waals surface area (Å²) in [7, 11) is 0. The predicted molar refractivity (Wildman–Crippen MR) is 86.6 cm³/mol. The van der Waals surface area contributed by atoms with E-state index in [1.54, 1.807) is 23.1 Å². The largest absolute Gasteiger partial charge is 0.356 e. The van der Waals surface area contributed by atoms with Crippen molar-refractivity contribution < 1.29 is 9.59 Å². The van der Waals surface area contributed by atoms with E-state index in [0.717, 1.165) is 6.42 Å². The lowest BCUT2D eigenvalue weighted by Gasteiger charge is -2.21. The quantitative estimate of drug-likeness (QED) is 0.840. The molecule has 4 nitrogen and oxygen atoms in total. The highest BCUT2D eigenvalue weighted by Gasteiger charge is 2.13. The number of nitrogens with zero attached hydrogens (tertiary/aromatic N) is 1. The monoisotopic (exact) mass is 310 g/mol. The lowest BCUT2D eigenvalue weighted by atomic mass is 10.1. The van der Waals surface area contributed by atoms with E-state index in [1.165, 1.54) is 6.92 Å². The number of rotatable bonds is 7. The molecule has 0 heterocycles. The number of carbonyl (C=O) groups is 2. The van der Waals surface area contributed by atoms with Gasteiger partial charge in [0.25, 0.3) is 0 Å². The molecular weight excluding hydrogens is 288 g/mol. The van der Waals surface area contributed by atoms with Crippen molar-refractivity contribution in [2.75, 3.05) is 18.0 Å². The molecule has 0 aliphatic heterocycles. The molecule has 0 fully saturated rings. The first kappa shape index (κ1) is 17.5. The molecule has 0 unspecified atom stereocenters. The molecule has 0 aliphatic carbocycles. The average Bonchev–Trinajstić information content (AvgIpc) is 2.38. The van der Waals surface area contributed by atoms with Crippen molar-refractivity contribution in [3.05, 3.63) is 29.3 Å². The second-order valence-electron chi connectivity index (χ2n) is 5.43. The number of amides is 2. The van der Waals surface area contributed by atoms with Gasteiger partial charge in [0.2, 0.25) is 11.8 Å². The minimum Gasteiger partial charge on any atom is -0.356 e. The highest BCUT2D eigenvalue weighted by Crippen LogP contribution is 2.19. The summed E-state index contributed by atoms with van der Waals surface area (Å²) in [5.74, 6) is 0.418. The maximum Gasteiger partial charge on any atom is 0.223 e. The van der Waals surface area contributed by atoms with Gasteiger partial charge in [-0.2, -0.15) is 0 Å². The van der Waals surface area contributed by atoms with Crippen molar-refractivity contribution >= 4 is 29.1 Å². The smallest absolute Gasteiger partial charge is 0.223 e. The first-order chi connectivity index (χ1) is 9.90. The number of hydrogen-bond donors (Lipinski definition) is 1. The van der Waals surface area contributed by atoms with Gasteiger partial charge in [-0.3, -0.25) is 9.59 Å². The number of nitrogens with one attached hydrogen (secondary N) is 1. The van der Waals surface area contributed by atoms with Gasteiger partial charge in [0.05, 0.1) is 0 Å². The van der Waals surface area contributed by atoms with Crippen LogP contribution in [0.3, 0.4) is 0 Å². The fourth-order valence-electron chi connectivity index (χ4n) is 1.91. The summed E-state index contributed by atoms with van der Waals surface area (Å²) < 4.78 is 0. The highest BCUT2D eigenvalue weighted by molar-refractivity contribution is 6.30. The maximum absolute atomic E-state index is 11.8. The molecule has 0 saturated carbocycles. The van der Waals surface area contributed by atoms with Crippen molar-refractivity contribution in [3.8, 4) is 0 Å². The summed E-state index contributed by atoms with van der Waals surface area (Å²) >= 11 is 5.94. The zero-order chi connectivity index (χ0) is 15.8. The fraction of sp³-hybridized carbons (Fsp3) is 0.500. The van der Waals surface area contributed by atoms with Crippen LogP contribution in [0.1, 0.15) is 33.6 Å². The van der Waals surface area contributed by atoms with Crippen molar-refractivity contribution in [2.45, 2.75) is 33.6 Å². The lowest BCUT2D eigenvalue weighted by molar-refractivity contribution is -0.121. The molecule has 1 rings (SSSR count). The summed E-state index contributed by atoms with van der Waals surface area (Å²) in [5, 5.41) is 3.44. The third kappa shape index (κ3) is 6.63. The number of hydrogen-bond acceptors (Lipinski definition) is 2. The molecule has 1 N–H and O–H groups in total. The van der Waals surface area contributed by atoms with E-state index in [4.69, 9.17) is 11.6 Å². The molecule has 1 aromatic rings. The molecule has 0 radical (unpaired) electrons. The molecule has 0 aromatic heterocycles. The zero-order valence-electron chi connectivity index (χ0n) is 12.9. The summed E-state index contributed by atoms with van der Waals surface area (Å²) in [5.41, 5.74) is 0.713. The third-order valence-electron chi connectivity index (χ3n) is 3.11. The number of benzene rings is 1. The fourth-order valence-corrected chi connectivity index (χ4v) is 2.10. The Morgan fingerprint density at radius 3 is 2.62 bits per heavy atom. The molecule has 116 valence electrons. The summed E-state index contributed by atoms with van der Waals surface area (Å²) in [4.78, 5) is 25.1. The molecule has 1 aromatic carbocycles. The van der Waals surface area contributed by atoms with Gasteiger partial charge >= 0.3 is 0 Å². The Balaban J connectivity index is 2.52. The van der Waals surface area contributed by atoms with Crippen LogP contribution in [0.5, 0.6) is 0 Å². The van der Waals surface area contributed by atoms with E-state index in [-0.39, 0.29) is 18.2 Å². The highest BCUT2D eigenvalue weighted by atomic mass is 35.5. The first-order valence-electron chi connectivity index (χ1n) is 7.20. The van der Waals surface area contributed by atoms with Crippen LogP contribution in [-0.2, 0) is 9.59 Å². The minimum atomic E-state index is -0.104.